The fraction of sp³-hybridized carbons (Fsp3) is 0.636. The summed E-state index contributed by atoms with van der Waals surface area (Å²) in [4.78, 5) is 2.65. The van der Waals surface area contributed by atoms with Crippen LogP contribution in [-0.4, -0.2) is 24.8 Å². The number of rotatable bonds is 6. The van der Waals surface area contributed by atoms with Crippen molar-refractivity contribution in [3.63, 3.8) is 0 Å². The Bertz CT molecular complexity index is 623. The number of hydrogen-bond acceptors (Lipinski definition) is 5. The quantitative estimate of drug-likeness (QED) is 0.546. The van der Waals surface area contributed by atoms with E-state index in [4.69, 9.17) is 14.2 Å². The highest BCUT2D eigenvalue weighted by atomic mass is 32.1. The zero-order valence-corrected chi connectivity index (χ0v) is 17.9. The van der Waals surface area contributed by atoms with E-state index >= 15 is 0 Å². The second-order valence-corrected chi connectivity index (χ2v) is 9.77. The topological polar surface area (TPSA) is 27.7 Å². The van der Waals surface area contributed by atoms with E-state index in [-0.39, 0.29) is 11.8 Å². The molecule has 0 amide bonds. The van der Waals surface area contributed by atoms with Crippen molar-refractivity contribution >= 4 is 22.7 Å². The summed E-state index contributed by atoms with van der Waals surface area (Å²) in [6, 6.07) is 8.65. The maximum atomic E-state index is 7.05. The normalized spacial score (nSPS) is 31.5. The summed E-state index contributed by atoms with van der Waals surface area (Å²) in [5.41, 5.74) is 0. The van der Waals surface area contributed by atoms with Crippen molar-refractivity contribution in [3.8, 4) is 0 Å². The SMILES string of the molecule is CC(c1cccs1)C1(OC2(C(C)c3cccs3)CCCCO2)CCCCO1. The first-order valence-electron chi connectivity index (χ1n) is 10.2. The van der Waals surface area contributed by atoms with Gasteiger partial charge in [-0.05, 0) is 48.6 Å². The minimum absolute atomic E-state index is 0.190. The molecule has 2 aliphatic heterocycles. The van der Waals surface area contributed by atoms with Crippen molar-refractivity contribution in [1.82, 2.24) is 0 Å². The molecule has 0 bridgehead atoms. The van der Waals surface area contributed by atoms with Crippen LogP contribution in [0.4, 0.5) is 0 Å². The first-order chi connectivity index (χ1) is 13.2. The molecular formula is C22H30O3S2. The molecule has 2 saturated heterocycles. The lowest BCUT2D eigenvalue weighted by Gasteiger charge is -2.51. The minimum atomic E-state index is -0.605. The Balaban J connectivity index is 1.68. The van der Waals surface area contributed by atoms with Gasteiger partial charge in [0, 0.05) is 34.4 Å². The van der Waals surface area contributed by atoms with Crippen LogP contribution in [0.5, 0.6) is 0 Å². The van der Waals surface area contributed by atoms with Crippen molar-refractivity contribution in [2.45, 2.75) is 75.8 Å². The van der Waals surface area contributed by atoms with Crippen LogP contribution < -0.4 is 0 Å². The van der Waals surface area contributed by atoms with Gasteiger partial charge in [-0.3, -0.25) is 0 Å². The van der Waals surface area contributed by atoms with Crippen LogP contribution in [-0.2, 0) is 14.2 Å². The number of ether oxygens (including phenoxy) is 3. The van der Waals surface area contributed by atoms with Gasteiger partial charge < -0.3 is 14.2 Å². The molecule has 27 heavy (non-hydrogen) atoms. The lowest BCUT2D eigenvalue weighted by molar-refractivity contribution is -0.388. The third-order valence-electron chi connectivity index (χ3n) is 6.14. The van der Waals surface area contributed by atoms with Crippen LogP contribution in [0, 0.1) is 0 Å². The molecule has 2 aliphatic rings. The lowest BCUT2D eigenvalue weighted by atomic mass is 9.87. The van der Waals surface area contributed by atoms with Gasteiger partial charge in [0.1, 0.15) is 0 Å². The molecule has 0 spiro atoms. The van der Waals surface area contributed by atoms with Crippen LogP contribution >= 0.6 is 22.7 Å². The fourth-order valence-corrected chi connectivity index (χ4v) is 6.11. The van der Waals surface area contributed by atoms with Crippen LogP contribution in [0.25, 0.3) is 0 Å². The van der Waals surface area contributed by atoms with Crippen LogP contribution in [0.15, 0.2) is 35.0 Å². The standard InChI is InChI=1S/C22H30O3S2/c1-17(19-9-7-15-26-19)21(11-3-5-13-23-21)25-22(12-4-6-14-24-22)18(2)20-10-8-16-27-20/h7-10,15-18H,3-6,11-14H2,1-2H3. The van der Waals surface area contributed by atoms with E-state index in [1.807, 2.05) is 0 Å². The number of hydrogen-bond donors (Lipinski definition) is 0. The first kappa shape index (κ1) is 19.6. The zero-order valence-electron chi connectivity index (χ0n) is 16.3. The maximum absolute atomic E-state index is 7.05. The lowest BCUT2D eigenvalue weighted by Crippen LogP contribution is -2.55. The van der Waals surface area contributed by atoms with E-state index < -0.39 is 11.6 Å². The second-order valence-electron chi connectivity index (χ2n) is 7.81. The van der Waals surface area contributed by atoms with Gasteiger partial charge in [-0.1, -0.05) is 26.0 Å². The predicted molar refractivity (Wildman–Crippen MR) is 112 cm³/mol. The van der Waals surface area contributed by atoms with Gasteiger partial charge in [0.15, 0.2) is 11.6 Å². The zero-order chi connectivity index (χ0) is 18.7. The fourth-order valence-electron chi connectivity index (χ4n) is 4.40. The van der Waals surface area contributed by atoms with Gasteiger partial charge in [0.05, 0.1) is 13.2 Å². The van der Waals surface area contributed by atoms with E-state index in [9.17, 15) is 0 Å². The third kappa shape index (κ3) is 3.90. The Kier molecular flexibility index (Phi) is 6.05. The van der Waals surface area contributed by atoms with E-state index in [1.165, 1.54) is 9.75 Å². The Morgan fingerprint density at radius 3 is 1.63 bits per heavy atom. The second kappa shape index (κ2) is 8.34. The van der Waals surface area contributed by atoms with Crippen molar-refractivity contribution in [2.75, 3.05) is 13.2 Å². The van der Waals surface area contributed by atoms with E-state index in [0.717, 1.165) is 51.7 Å². The van der Waals surface area contributed by atoms with Crippen molar-refractivity contribution in [3.05, 3.63) is 44.8 Å². The maximum Gasteiger partial charge on any atom is 0.179 e. The smallest absolute Gasteiger partial charge is 0.179 e. The molecule has 0 N–H and O–H groups in total. The average molecular weight is 407 g/mol. The highest BCUT2D eigenvalue weighted by Crippen LogP contribution is 2.49. The van der Waals surface area contributed by atoms with Gasteiger partial charge in [0.25, 0.3) is 0 Å². The van der Waals surface area contributed by atoms with Crippen LogP contribution in [0.3, 0.4) is 0 Å². The molecule has 4 atom stereocenters. The van der Waals surface area contributed by atoms with Gasteiger partial charge in [-0.15, -0.1) is 22.7 Å². The Morgan fingerprint density at radius 1 is 0.815 bits per heavy atom. The molecule has 4 rings (SSSR count). The third-order valence-corrected chi connectivity index (χ3v) is 8.25. The molecule has 0 saturated carbocycles. The van der Waals surface area contributed by atoms with Gasteiger partial charge in [0.2, 0.25) is 0 Å². The van der Waals surface area contributed by atoms with Crippen molar-refractivity contribution in [2.24, 2.45) is 0 Å². The van der Waals surface area contributed by atoms with E-state index in [2.05, 4.69) is 48.9 Å². The summed E-state index contributed by atoms with van der Waals surface area (Å²) >= 11 is 3.58. The van der Waals surface area contributed by atoms with Crippen molar-refractivity contribution in [1.29, 1.82) is 0 Å². The monoisotopic (exact) mass is 406 g/mol. The molecule has 0 aliphatic carbocycles. The molecule has 2 aromatic heterocycles. The van der Waals surface area contributed by atoms with Gasteiger partial charge in [-0.25, -0.2) is 0 Å². The van der Waals surface area contributed by atoms with E-state index in [0.29, 0.717) is 0 Å². The molecule has 4 unspecified atom stereocenters. The molecule has 3 nitrogen and oxygen atoms in total. The minimum Gasteiger partial charge on any atom is -0.349 e. The Morgan fingerprint density at radius 2 is 1.30 bits per heavy atom. The Hall–Kier alpha value is -0.720. The summed E-state index contributed by atoms with van der Waals surface area (Å²) in [5, 5.41) is 4.28. The first-order valence-corrected chi connectivity index (χ1v) is 12.0. The Labute approximate surface area is 170 Å². The summed E-state index contributed by atoms with van der Waals surface area (Å²) < 4.78 is 20.0. The summed E-state index contributed by atoms with van der Waals surface area (Å²) in [6.45, 7) is 6.03. The van der Waals surface area contributed by atoms with E-state index in [1.54, 1.807) is 22.7 Å². The molecule has 2 aromatic rings. The largest absolute Gasteiger partial charge is 0.349 e. The van der Waals surface area contributed by atoms with Crippen LogP contribution in [0.2, 0.25) is 0 Å². The molecule has 4 heterocycles. The number of thiophene rings is 2. The molecule has 2 fully saturated rings. The van der Waals surface area contributed by atoms with Crippen molar-refractivity contribution < 1.29 is 14.2 Å². The van der Waals surface area contributed by atoms with Crippen LogP contribution in [0.1, 0.15) is 74.0 Å². The summed E-state index contributed by atoms with van der Waals surface area (Å²) in [6.07, 6.45) is 6.34. The molecule has 5 heteroatoms. The predicted octanol–water partition coefficient (Wildman–Crippen LogP) is 6.53. The molecule has 0 radical (unpaired) electrons. The summed E-state index contributed by atoms with van der Waals surface area (Å²) in [7, 11) is 0. The highest BCUT2D eigenvalue weighted by molar-refractivity contribution is 7.10. The molecular weight excluding hydrogens is 376 g/mol. The molecule has 148 valence electrons. The highest BCUT2D eigenvalue weighted by Gasteiger charge is 2.52. The van der Waals surface area contributed by atoms with Gasteiger partial charge in [-0.2, -0.15) is 0 Å². The molecule has 0 aromatic carbocycles. The average Bonchev–Trinajstić information content (AvgIpc) is 3.42. The van der Waals surface area contributed by atoms with Gasteiger partial charge >= 0.3 is 0 Å². The summed E-state index contributed by atoms with van der Waals surface area (Å²) in [5.74, 6) is -0.829.